The lowest BCUT2D eigenvalue weighted by Gasteiger charge is -2.09. The highest BCUT2D eigenvalue weighted by molar-refractivity contribution is 7.98. The highest BCUT2D eigenvalue weighted by atomic mass is 35.5. The Balaban J connectivity index is 1.96. The predicted octanol–water partition coefficient (Wildman–Crippen LogP) is 4.32. The lowest BCUT2D eigenvalue weighted by Crippen LogP contribution is -2.07. The van der Waals surface area contributed by atoms with Crippen molar-refractivity contribution >= 4 is 56.7 Å². The first-order chi connectivity index (χ1) is 14.0. The zero-order chi connectivity index (χ0) is 21.0. The number of ether oxygens (including phenoxy) is 2. The van der Waals surface area contributed by atoms with Gasteiger partial charge in [-0.25, -0.2) is 9.78 Å². The molecule has 3 aromatic rings. The molecule has 2 heterocycles. The summed E-state index contributed by atoms with van der Waals surface area (Å²) in [5.74, 6) is -0.115. The first-order valence-electron chi connectivity index (χ1n) is 8.76. The van der Waals surface area contributed by atoms with E-state index in [0.717, 1.165) is 27.5 Å². The molecule has 2 N–H and O–H groups in total. The summed E-state index contributed by atoms with van der Waals surface area (Å²) >= 11 is 8.60. The maximum absolute atomic E-state index is 12.3. The van der Waals surface area contributed by atoms with Crippen molar-refractivity contribution < 1.29 is 14.3 Å². The Bertz CT molecular complexity index is 1090. The number of nitrogens with two attached hydrogens (primary N) is 1. The third-order valence-corrected chi connectivity index (χ3v) is 6.43. The molecule has 2 aromatic heterocycles. The number of carbonyl (C=O) groups is 1. The number of halogens is 1. The van der Waals surface area contributed by atoms with Crippen LogP contribution in [0.2, 0.25) is 5.02 Å². The number of anilines is 1. The molecule has 0 atom stereocenters. The summed E-state index contributed by atoms with van der Waals surface area (Å²) in [5, 5.41) is 11.2. The number of benzene rings is 1. The molecule has 0 bridgehead atoms. The molecule has 0 saturated carbocycles. The van der Waals surface area contributed by atoms with Crippen LogP contribution >= 0.6 is 34.7 Å². The quantitative estimate of drug-likeness (QED) is 0.402. The van der Waals surface area contributed by atoms with Crippen LogP contribution in [0.4, 0.5) is 5.00 Å². The van der Waals surface area contributed by atoms with Crippen LogP contribution in [-0.4, -0.2) is 35.8 Å². The van der Waals surface area contributed by atoms with E-state index in [0.29, 0.717) is 44.9 Å². The molecule has 0 aliphatic carbocycles. The minimum atomic E-state index is -0.471. The Morgan fingerprint density at radius 1 is 1.48 bits per heavy atom. The monoisotopic (exact) mass is 450 g/mol. The van der Waals surface area contributed by atoms with Gasteiger partial charge in [-0.05, 0) is 25.1 Å². The fraction of sp³-hybridized carbons (Fsp3) is 0.316. The van der Waals surface area contributed by atoms with E-state index in [1.807, 2.05) is 16.7 Å². The van der Waals surface area contributed by atoms with E-state index in [-0.39, 0.29) is 6.61 Å². The number of hydrogen-bond acceptors (Lipinski definition) is 8. The number of thiophene rings is 1. The Kier molecular flexibility index (Phi) is 7.03. The lowest BCUT2D eigenvalue weighted by atomic mass is 10.2. The van der Waals surface area contributed by atoms with E-state index in [1.54, 1.807) is 20.1 Å². The molecular formula is C19H19ClN4O3S2. The zero-order valence-electron chi connectivity index (χ0n) is 15.9. The van der Waals surface area contributed by atoms with Crippen molar-refractivity contribution in [3.05, 3.63) is 39.2 Å². The number of rotatable bonds is 8. The molecule has 29 heavy (non-hydrogen) atoms. The average molecular weight is 451 g/mol. The van der Waals surface area contributed by atoms with Crippen molar-refractivity contribution in [2.24, 2.45) is 0 Å². The summed E-state index contributed by atoms with van der Waals surface area (Å²) in [6.07, 6.45) is 0. The molecule has 0 fully saturated rings. The molecule has 7 nitrogen and oxygen atoms in total. The van der Waals surface area contributed by atoms with Gasteiger partial charge < -0.3 is 19.8 Å². The number of esters is 1. The van der Waals surface area contributed by atoms with Gasteiger partial charge in [0.05, 0.1) is 29.8 Å². The first kappa shape index (κ1) is 21.5. The summed E-state index contributed by atoms with van der Waals surface area (Å²) in [6.45, 7) is 3.11. The van der Waals surface area contributed by atoms with Crippen molar-refractivity contribution in [1.29, 1.82) is 5.26 Å². The smallest absolute Gasteiger partial charge is 0.348 e. The predicted molar refractivity (Wildman–Crippen MR) is 116 cm³/mol. The van der Waals surface area contributed by atoms with E-state index in [4.69, 9.17) is 26.8 Å². The van der Waals surface area contributed by atoms with Gasteiger partial charge in [-0.1, -0.05) is 23.4 Å². The SMILES string of the molecule is CCOC(=O)c1sc(N)c(C#N)c1CSc1nc2cc(Cl)ccc2n1CCOC. The maximum Gasteiger partial charge on any atom is 0.348 e. The van der Waals surface area contributed by atoms with Crippen molar-refractivity contribution in [1.82, 2.24) is 9.55 Å². The van der Waals surface area contributed by atoms with Gasteiger partial charge in [0.25, 0.3) is 0 Å². The van der Waals surface area contributed by atoms with Gasteiger partial charge in [-0.2, -0.15) is 5.26 Å². The van der Waals surface area contributed by atoms with Crippen molar-refractivity contribution in [3.63, 3.8) is 0 Å². The number of methoxy groups -OCH3 is 1. The topological polar surface area (TPSA) is 103 Å². The second-order valence-electron chi connectivity index (χ2n) is 5.94. The van der Waals surface area contributed by atoms with Crippen LogP contribution in [0.3, 0.4) is 0 Å². The number of fused-ring (bicyclic) bond motifs is 1. The Labute approximate surface area is 181 Å². The van der Waals surface area contributed by atoms with Gasteiger partial charge in [-0.15, -0.1) is 11.3 Å². The van der Waals surface area contributed by atoms with E-state index in [9.17, 15) is 10.1 Å². The molecule has 0 saturated heterocycles. The molecule has 0 spiro atoms. The third-order valence-electron chi connectivity index (χ3n) is 4.15. The fourth-order valence-corrected chi connectivity index (χ4v) is 5.09. The second kappa shape index (κ2) is 9.50. The highest BCUT2D eigenvalue weighted by Gasteiger charge is 2.23. The molecule has 0 amide bonds. The number of nitrogens with zero attached hydrogens (tertiary/aromatic N) is 3. The van der Waals surface area contributed by atoms with Crippen LogP contribution in [0.5, 0.6) is 0 Å². The third kappa shape index (κ3) is 4.51. The van der Waals surface area contributed by atoms with Crippen LogP contribution in [0.1, 0.15) is 27.7 Å². The van der Waals surface area contributed by atoms with Crippen LogP contribution in [-0.2, 0) is 21.8 Å². The normalized spacial score (nSPS) is 11.0. The van der Waals surface area contributed by atoms with Crippen LogP contribution in [0.25, 0.3) is 11.0 Å². The maximum atomic E-state index is 12.3. The highest BCUT2D eigenvalue weighted by Crippen LogP contribution is 2.36. The van der Waals surface area contributed by atoms with E-state index >= 15 is 0 Å². The Morgan fingerprint density at radius 2 is 2.28 bits per heavy atom. The molecule has 152 valence electrons. The van der Waals surface area contributed by atoms with Crippen molar-refractivity contribution in [2.75, 3.05) is 26.1 Å². The summed E-state index contributed by atoms with van der Waals surface area (Å²) in [4.78, 5) is 17.3. The molecular weight excluding hydrogens is 432 g/mol. The van der Waals surface area contributed by atoms with Gasteiger partial charge in [0.1, 0.15) is 15.9 Å². The van der Waals surface area contributed by atoms with Crippen molar-refractivity contribution in [2.45, 2.75) is 24.4 Å². The van der Waals surface area contributed by atoms with Gasteiger partial charge in [0, 0.05) is 30.0 Å². The number of nitriles is 1. The van der Waals surface area contributed by atoms with Crippen LogP contribution in [0.15, 0.2) is 23.4 Å². The zero-order valence-corrected chi connectivity index (χ0v) is 18.3. The molecule has 0 aliphatic heterocycles. The number of imidazole rings is 1. The van der Waals surface area contributed by atoms with Gasteiger partial charge in [0.15, 0.2) is 5.16 Å². The molecule has 3 rings (SSSR count). The summed E-state index contributed by atoms with van der Waals surface area (Å²) < 4.78 is 12.4. The van der Waals surface area contributed by atoms with E-state index in [1.165, 1.54) is 11.8 Å². The molecule has 0 radical (unpaired) electrons. The molecule has 0 unspecified atom stereocenters. The van der Waals surface area contributed by atoms with Crippen molar-refractivity contribution in [3.8, 4) is 6.07 Å². The van der Waals surface area contributed by atoms with E-state index in [2.05, 4.69) is 11.1 Å². The summed E-state index contributed by atoms with van der Waals surface area (Å²) in [5.41, 5.74) is 8.55. The Morgan fingerprint density at radius 3 is 2.97 bits per heavy atom. The van der Waals surface area contributed by atoms with Gasteiger partial charge >= 0.3 is 5.97 Å². The number of aromatic nitrogens is 2. The average Bonchev–Trinajstić information content (AvgIpc) is 3.20. The van der Waals surface area contributed by atoms with Gasteiger partial charge in [-0.3, -0.25) is 0 Å². The molecule has 10 heteroatoms. The van der Waals surface area contributed by atoms with Gasteiger partial charge in [0.2, 0.25) is 0 Å². The standard InChI is InChI=1S/C19H19ClN4O3S2/c1-3-27-18(25)16-13(12(9-21)17(22)29-16)10-28-19-23-14-8-11(20)4-5-15(14)24(19)6-7-26-2/h4-5,8H,3,6-7,10,22H2,1-2H3. The van der Waals surface area contributed by atoms with Crippen LogP contribution in [0, 0.1) is 11.3 Å². The summed E-state index contributed by atoms with van der Waals surface area (Å²) in [7, 11) is 1.64. The fourth-order valence-electron chi connectivity index (χ4n) is 2.83. The number of nitrogen functional groups attached to an aromatic ring is 1. The minimum Gasteiger partial charge on any atom is -0.462 e. The van der Waals surface area contributed by atoms with E-state index < -0.39 is 5.97 Å². The minimum absolute atomic E-state index is 0.249. The largest absolute Gasteiger partial charge is 0.462 e. The lowest BCUT2D eigenvalue weighted by molar-refractivity contribution is 0.0531. The van der Waals surface area contributed by atoms with Crippen LogP contribution < -0.4 is 5.73 Å². The Hall–Kier alpha value is -2.25. The first-order valence-corrected chi connectivity index (χ1v) is 10.9. The molecule has 0 aliphatic rings. The number of carbonyl (C=O) groups excluding carboxylic acids is 1. The second-order valence-corrected chi connectivity index (χ2v) is 8.37. The summed E-state index contributed by atoms with van der Waals surface area (Å²) in [6, 6.07) is 7.63. The number of thioether (sulfide) groups is 1. The number of hydrogen-bond donors (Lipinski definition) is 1. The molecule has 1 aromatic carbocycles.